The molecule has 2 atom stereocenters. The quantitative estimate of drug-likeness (QED) is 0.717. The zero-order chi connectivity index (χ0) is 9.26. The maximum atomic E-state index is 5.78. The van der Waals surface area contributed by atoms with E-state index in [1.165, 1.54) is 19.3 Å². The summed E-state index contributed by atoms with van der Waals surface area (Å²) in [4.78, 5) is 0. The lowest BCUT2D eigenvalue weighted by Crippen LogP contribution is -2.33. The Balaban J connectivity index is 1.76. The van der Waals surface area contributed by atoms with Gasteiger partial charge in [0.25, 0.3) is 0 Å². The Morgan fingerprint density at radius 3 is 2.69 bits per heavy atom. The third kappa shape index (κ3) is 2.44. The highest BCUT2D eigenvalue weighted by molar-refractivity contribution is 4.90. The Labute approximate surface area is 81.0 Å². The van der Waals surface area contributed by atoms with Gasteiger partial charge in [0.1, 0.15) is 0 Å². The van der Waals surface area contributed by atoms with E-state index in [1.54, 1.807) is 0 Å². The van der Waals surface area contributed by atoms with Crippen LogP contribution >= 0.6 is 0 Å². The summed E-state index contributed by atoms with van der Waals surface area (Å²) in [5, 5.41) is 3.52. The van der Waals surface area contributed by atoms with E-state index in [9.17, 15) is 0 Å². The van der Waals surface area contributed by atoms with Gasteiger partial charge in [0, 0.05) is 25.1 Å². The van der Waals surface area contributed by atoms with E-state index < -0.39 is 0 Å². The molecule has 1 saturated carbocycles. The highest BCUT2D eigenvalue weighted by Crippen LogP contribution is 2.41. The van der Waals surface area contributed by atoms with Crippen molar-refractivity contribution < 1.29 is 4.74 Å². The zero-order valence-electron chi connectivity index (χ0n) is 8.75. The minimum Gasteiger partial charge on any atom is -0.378 e. The summed E-state index contributed by atoms with van der Waals surface area (Å²) in [5.74, 6) is 1.69. The summed E-state index contributed by atoms with van der Waals surface area (Å²) in [6, 6.07) is 0.612. The summed E-state index contributed by atoms with van der Waals surface area (Å²) < 4.78 is 5.78. The van der Waals surface area contributed by atoms with Gasteiger partial charge in [-0.3, -0.25) is 0 Å². The van der Waals surface area contributed by atoms with Crippen LogP contribution in [0.1, 0.15) is 33.1 Å². The Morgan fingerprint density at radius 2 is 2.08 bits per heavy atom. The van der Waals surface area contributed by atoms with Crippen LogP contribution in [0.15, 0.2) is 0 Å². The predicted octanol–water partition coefficient (Wildman–Crippen LogP) is 1.80. The minimum absolute atomic E-state index is 0.589. The zero-order valence-corrected chi connectivity index (χ0v) is 8.75. The van der Waals surface area contributed by atoms with Gasteiger partial charge >= 0.3 is 0 Å². The molecule has 0 bridgehead atoms. The molecule has 0 aromatic carbocycles. The first-order chi connectivity index (χ1) is 6.27. The van der Waals surface area contributed by atoms with Crippen LogP contribution in [0.2, 0.25) is 0 Å². The summed E-state index contributed by atoms with van der Waals surface area (Å²) in [7, 11) is 0. The molecule has 1 heterocycles. The summed E-state index contributed by atoms with van der Waals surface area (Å²) in [6.45, 7) is 6.56. The number of ether oxygens (including phenoxy) is 1. The van der Waals surface area contributed by atoms with Gasteiger partial charge in [0.05, 0.1) is 6.10 Å². The fourth-order valence-electron chi connectivity index (χ4n) is 2.21. The Morgan fingerprint density at radius 1 is 1.31 bits per heavy atom. The summed E-state index contributed by atoms with van der Waals surface area (Å²) in [5.41, 5.74) is 0. The molecule has 2 heteroatoms. The summed E-state index contributed by atoms with van der Waals surface area (Å²) >= 11 is 0. The third-order valence-corrected chi connectivity index (χ3v) is 3.14. The fraction of sp³-hybridized carbons (Fsp3) is 1.00. The van der Waals surface area contributed by atoms with Crippen LogP contribution in [-0.4, -0.2) is 25.3 Å². The van der Waals surface area contributed by atoms with Crippen LogP contribution in [0, 0.1) is 11.8 Å². The van der Waals surface area contributed by atoms with Gasteiger partial charge in [-0.2, -0.15) is 0 Å². The van der Waals surface area contributed by atoms with Crippen molar-refractivity contribution in [3.8, 4) is 0 Å². The minimum atomic E-state index is 0.589. The van der Waals surface area contributed by atoms with Crippen LogP contribution < -0.4 is 5.32 Å². The van der Waals surface area contributed by atoms with E-state index in [0.717, 1.165) is 25.0 Å². The van der Waals surface area contributed by atoms with Crippen molar-refractivity contribution in [2.45, 2.75) is 45.3 Å². The Bertz CT molecular complexity index is 165. The molecule has 0 aromatic heterocycles. The molecular weight excluding hydrogens is 162 g/mol. The van der Waals surface area contributed by atoms with Gasteiger partial charge in [-0.15, -0.1) is 0 Å². The van der Waals surface area contributed by atoms with Gasteiger partial charge in [-0.1, -0.05) is 13.8 Å². The van der Waals surface area contributed by atoms with Gasteiger partial charge < -0.3 is 10.1 Å². The van der Waals surface area contributed by atoms with E-state index in [2.05, 4.69) is 19.2 Å². The number of rotatable bonds is 4. The molecule has 76 valence electrons. The van der Waals surface area contributed by atoms with Crippen LogP contribution in [0.5, 0.6) is 0 Å². The maximum absolute atomic E-state index is 5.78. The first-order valence-electron chi connectivity index (χ1n) is 5.62. The number of hydrogen-bond donors (Lipinski definition) is 1. The highest BCUT2D eigenvalue weighted by atomic mass is 16.5. The predicted molar refractivity (Wildman–Crippen MR) is 53.7 cm³/mol. The summed E-state index contributed by atoms with van der Waals surface area (Å²) in [6.07, 6.45) is 4.67. The lowest BCUT2D eigenvalue weighted by Gasteiger charge is -2.19. The molecule has 13 heavy (non-hydrogen) atoms. The average molecular weight is 183 g/mol. The second kappa shape index (κ2) is 3.97. The molecule has 1 aliphatic heterocycles. The first-order valence-corrected chi connectivity index (χ1v) is 5.62. The molecule has 0 spiro atoms. The van der Waals surface area contributed by atoms with Crippen molar-refractivity contribution in [3.63, 3.8) is 0 Å². The molecule has 0 aromatic rings. The fourth-order valence-corrected chi connectivity index (χ4v) is 2.21. The van der Waals surface area contributed by atoms with Crippen molar-refractivity contribution in [2.24, 2.45) is 11.8 Å². The van der Waals surface area contributed by atoms with Crippen LogP contribution in [0.25, 0.3) is 0 Å². The molecule has 2 rings (SSSR count). The van der Waals surface area contributed by atoms with E-state index in [-0.39, 0.29) is 0 Å². The van der Waals surface area contributed by atoms with Crippen molar-refractivity contribution in [2.75, 3.05) is 13.2 Å². The molecule has 0 amide bonds. The molecule has 2 aliphatic rings. The average Bonchev–Trinajstić information content (AvgIpc) is 2.82. The Kier molecular flexibility index (Phi) is 2.89. The topological polar surface area (TPSA) is 21.3 Å². The van der Waals surface area contributed by atoms with E-state index >= 15 is 0 Å². The molecule has 2 nitrogen and oxygen atoms in total. The molecule has 1 aliphatic carbocycles. The van der Waals surface area contributed by atoms with Crippen LogP contribution in [-0.2, 0) is 4.74 Å². The van der Waals surface area contributed by atoms with E-state index in [4.69, 9.17) is 4.74 Å². The standard InChI is InChI=1S/C11H21NO/c1-8(2)12-7-10-5-6-13-11(10)9-3-4-9/h8-12H,3-7H2,1-2H3. The smallest absolute Gasteiger partial charge is 0.0644 e. The third-order valence-electron chi connectivity index (χ3n) is 3.14. The van der Waals surface area contributed by atoms with Crippen LogP contribution in [0.3, 0.4) is 0 Å². The normalized spacial score (nSPS) is 34.4. The number of nitrogens with one attached hydrogen (secondary N) is 1. The van der Waals surface area contributed by atoms with Gasteiger partial charge in [-0.25, -0.2) is 0 Å². The maximum Gasteiger partial charge on any atom is 0.0644 e. The van der Waals surface area contributed by atoms with Crippen molar-refractivity contribution in [1.82, 2.24) is 5.32 Å². The van der Waals surface area contributed by atoms with E-state index in [0.29, 0.717) is 12.1 Å². The lowest BCUT2D eigenvalue weighted by atomic mass is 9.98. The lowest BCUT2D eigenvalue weighted by molar-refractivity contribution is 0.0723. The van der Waals surface area contributed by atoms with Gasteiger partial charge in [0.15, 0.2) is 0 Å². The molecule has 0 radical (unpaired) electrons. The first kappa shape index (κ1) is 9.47. The van der Waals surface area contributed by atoms with Crippen LogP contribution in [0.4, 0.5) is 0 Å². The van der Waals surface area contributed by atoms with Gasteiger partial charge in [-0.05, 0) is 25.2 Å². The van der Waals surface area contributed by atoms with Gasteiger partial charge in [0.2, 0.25) is 0 Å². The van der Waals surface area contributed by atoms with Crippen molar-refractivity contribution >= 4 is 0 Å². The number of hydrogen-bond acceptors (Lipinski definition) is 2. The monoisotopic (exact) mass is 183 g/mol. The van der Waals surface area contributed by atoms with Crippen molar-refractivity contribution in [1.29, 1.82) is 0 Å². The molecule has 2 fully saturated rings. The second-order valence-corrected chi connectivity index (χ2v) is 4.78. The van der Waals surface area contributed by atoms with Crippen molar-refractivity contribution in [3.05, 3.63) is 0 Å². The molecule has 1 N–H and O–H groups in total. The highest BCUT2D eigenvalue weighted by Gasteiger charge is 2.40. The SMILES string of the molecule is CC(C)NCC1CCOC1C1CC1. The second-order valence-electron chi connectivity index (χ2n) is 4.78. The molecule has 1 saturated heterocycles. The molecular formula is C11H21NO. The Hall–Kier alpha value is -0.0800. The largest absolute Gasteiger partial charge is 0.378 e. The molecule has 2 unspecified atom stereocenters. The van der Waals surface area contributed by atoms with E-state index in [1.807, 2.05) is 0 Å².